The molecule has 0 radical (unpaired) electrons. The van der Waals surface area contributed by atoms with Gasteiger partial charge in [-0.25, -0.2) is 29.0 Å². The topological polar surface area (TPSA) is 965 Å². The standard InChI is InChI=1S/C51H51N11O44/c1-5-12(58-38(80)13-7(42(85,86)48(58,96)97)10(36(53)78)55-61(13)18-26(70)30(74)34(104-2)31(75)27(18)71)21(65)9(52)15(20(5)64)57-6(63)3-41(83,84)47(95,51(57,102)103)106-4-105-35-32(76)28(72)19(29(73)33(35)77)62-14-8(11(56-62)37(54)79)43(87,88)49(98,99)59(39(14)81)16-22(66)24(68)17(25(69)23(16)67)60-40(82)44(89,90)45(91,92)46(93,94)50(60,100)101/h64-77,83-103H,3-4,52H2,1-2H3,(H2,53,78)(H2,54,79). The van der Waals surface area contributed by atoms with Crippen molar-refractivity contribution < 1.29 is 222 Å². The number of benzene rings is 4. The van der Waals surface area contributed by atoms with Crippen LogP contribution in [0.3, 0.4) is 0 Å². The van der Waals surface area contributed by atoms with Gasteiger partial charge in [-0.3, -0.25) is 28.8 Å². The third-order valence-electron chi connectivity index (χ3n) is 17.2. The minimum absolute atomic E-state index is 0.190. The Morgan fingerprint density at radius 3 is 1.16 bits per heavy atom. The van der Waals surface area contributed by atoms with Gasteiger partial charge in [0.05, 0.1) is 24.7 Å². The van der Waals surface area contributed by atoms with Crippen LogP contribution in [-0.4, -0.2) is 300 Å². The van der Waals surface area contributed by atoms with Gasteiger partial charge in [0.25, 0.3) is 46.9 Å². The van der Waals surface area contributed by atoms with Gasteiger partial charge in [-0.2, -0.15) is 10.2 Å². The van der Waals surface area contributed by atoms with Gasteiger partial charge in [-0.15, -0.1) is 0 Å². The Kier molecular flexibility index (Phi) is 16.2. The van der Waals surface area contributed by atoms with Crippen molar-refractivity contribution in [2.75, 3.05) is 39.2 Å². The Labute approximate surface area is 575 Å². The normalized spacial score (nSPS) is 21.2. The first-order valence-electron chi connectivity index (χ1n) is 27.6. The van der Waals surface area contributed by atoms with Crippen molar-refractivity contribution in [3.63, 3.8) is 0 Å². The molecule has 0 aliphatic carbocycles. The highest BCUT2D eigenvalue weighted by Crippen LogP contribution is 2.64. The van der Waals surface area contributed by atoms with Gasteiger partial charge in [0, 0.05) is 5.56 Å². The maximum Gasteiger partial charge on any atom is 0.316 e. The average molecular weight is 1520 g/mol. The van der Waals surface area contributed by atoms with Crippen LogP contribution in [0.25, 0.3) is 11.4 Å². The Bertz CT molecular complexity index is 4860. The van der Waals surface area contributed by atoms with E-state index in [9.17, 15) is 207 Å². The molecule has 2 saturated heterocycles. The molecule has 55 heteroatoms. The number of primary amides is 2. The number of nitrogens with two attached hydrogens (primary N) is 3. The Morgan fingerprint density at radius 2 is 0.783 bits per heavy atom. The quantitative estimate of drug-likeness (QED) is 0.0221. The molecule has 10 rings (SSSR count). The molecule has 574 valence electrons. The summed E-state index contributed by atoms with van der Waals surface area (Å²) in [7, 11) is 0.774. The van der Waals surface area contributed by atoms with Crippen LogP contribution in [0, 0.1) is 6.92 Å². The molecule has 0 spiro atoms. The van der Waals surface area contributed by atoms with Crippen LogP contribution < -0.4 is 46.3 Å². The van der Waals surface area contributed by atoms with Gasteiger partial charge < -0.3 is 210 Å². The van der Waals surface area contributed by atoms with Gasteiger partial charge in [0.1, 0.15) is 45.6 Å². The predicted molar refractivity (Wildman–Crippen MR) is 310 cm³/mol. The molecule has 41 N–H and O–H groups in total. The van der Waals surface area contributed by atoms with E-state index in [-0.39, 0.29) is 4.68 Å². The summed E-state index contributed by atoms with van der Waals surface area (Å²) in [6.07, 6.45) is -2.17. The number of carbonyl (C=O) groups excluding carboxylic acids is 6. The number of methoxy groups -OCH3 is 1. The number of amides is 6. The number of aromatic nitrogens is 4. The van der Waals surface area contributed by atoms with E-state index in [1.807, 2.05) is 0 Å². The number of anilines is 5. The minimum Gasteiger partial charge on any atom is -0.505 e. The zero-order valence-electron chi connectivity index (χ0n) is 51.6. The monoisotopic (exact) mass is 1520 g/mol. The molecular formula is C51H51N11O44. The molecule has 4 aromatic carbocycles. The molecule has 6 aromatic rings. The summed E-state index contributed by atoms with van der Waals surface area (Å²) in [5.74, 6) is -101. The van der Waals surface area contributed by atoms with Crippen LogP contribution in [0.2, 0.25) is 0 Å². The van der Waals surface area contributed by atoms with Crippen molar-refractivity contribution in [1.82, 2.24) is 19.6 Å². The van der Waals surface area contributed by atoms with Crippen LogP contribution in [0.4, 0.5) is 28.4 Å². The molecular weight excluding hydrogens is 1470 g/mol. The first-order chi connectivity index (χ1) is 48.1. The lowest BCUT2D eigenvalue weighted by Gasteiger charge is -2.55. The maximum absolute atomic E-state index is 14.7. The van der Waals surface area contributed by atoms with Crippen molar-refractivity contribution in [3.05, 3.63) is 39.5 Å². The van der Waals surface area contributed by atoms with Gasteiger partial charge in [0.2, 0.25) is 46.2 Å². The summed E-state index contributed by atoms with van der Waals surface area (Å²) in [5.41, 5.74) is -9.14. The summed E-state index contributed by atoms with van der Waals surface area (Å²) in [5, 5.41) is 395. The number of carbonyl (C=O) groups is 6. The second-order valence-electron chi connectivity index (χ2n) is 23.2. The van der Waals surface area contributed by atoms with Crippen molar-refractivity contribution in [3.8, 4) is 103 Å². The number of hydrogen-bond acceptors (Lipinski definition) is 47. The number of ether oxygens (including phenoxy) is 3. The predicted octanol–water partition coefficient (Wildman–Crippen LogP) is -15.3. The van der Waals surface area contributed by atoms with Crippen molar-refractivity contribution in [2.45, 2.75) is 77.5 Å². The molecule has 1 unspecified atom stereocenters. The number of nitrogen functional groups attached to an aromatic ring is 1. The van der Waals surface area contributed by atoms with E-state index in [4.69, 9.17) is 26.7 Å². The van der Waals surface area contributed by atoms with Crippen molar-refractivity contribution in [1.29, 1.82) is 0 Å². The zero-order chi connectivity index (χ0) is 80.7. The molecule has 1 atom stereocenters. The number of phenolic OH excluding ortho intramolecular Hbond substituents is 14. The highest BCUT2D eigenvalue weighted by atomic mass is 16.8. The number of aromatic hydroxyl groups is 14. The van der Waals surface area contributed by atoms with E-state index in [1.54, 1.807) is 0 Å². The number of phenols is 14. The lowest BCUT2D eigenvalue weighted by Crippen LogP contribution is -2.88. The number of fused-ring (bicyclic) bond motifs is 2. The van der Waals surface area contributed by atoms with Crippen molar-refractivity contribution >= 4 is 63.9 Å². The zero-order valence-corrected chi connectivity index (χ0v) is 51.6. The molecule has 55 nitrogen and oxygen atoms in total. The van der Waals surface area contributed by atoms with Crippen LogP contribution >= 0.6 is 0 Å². The summed E-state index contributed by atoms with van der Waals surface area (Å²) >= 11 is 0. The fourth-order valence-electron chi connectivity index (χ4n) is 11.7. The first-order valence-corrected chi connectivity index (χ1v) is 27.6. The Balaban J connectivity index is 1.03. The first kappa shape index (κ1) is 76.5. The van der Waals surface area contributed by atoms with Crippen LogP contribution in [0.1, 0.15) is 65.1 Å². The summed E-state index contributed by atoms with van der Waals surface area (Å²) < 4.78 is 13.6. The van der Waals surface area contributed by atoms with E-state index in [2.05, 4.69) is 14.9 Å². The van der Waals surface area contributed by atoms with Gasteiger partial charge >= 0.3 is 41.0 Å². The van der Waals surface area contributed by atoms with Crippen LogP contribution in [0.15, 0.2) is 0 Å². The van der Waals surface area contributed by atoms with Gasteiger partial charge in [-0.1, -0.05) is 0 Å². The highest BCUT2D eigenvalue weighted by molar-refractivity contribution is 6.16. The van der Waals surface area contributed by atoms with Crippen molar-refractivity contribution in [2.24, 2.45) is 11.5 Å². The number of rotatable bonds is 13. The Morgan fingerprint density at radius 1 is 0.425 bits per heavy atom. The number of aliphatic hydroxyl groups is 21. The second-order valence-corrected chi connectivity index (χ2v) is 23.2. The maximum atomic E-state index is 14.7. The largest absolute Gasteiger partial charge is 0.505 e. The third-order valence-corrected chi connectivity index (χ3v) is 17.2. The van der Waals surface area contributed by atoms with E-state index in [0.717, 1.165) is 7.11 Å². The molecule has 4 aliphatic rings. The van der Waals surface area contributed by atoms with Crippen LogP contribution in [-0.2, 0) is 25.9 Å². The summed E-state index contributed by atoms with van der Waals surface area (Å²) in [4.78, 5) is 77.9. The molecule has 6 amide bonds. The third kappa shape index (κ3) is 8.96. The fraction of sp³-hybridized carbons (Fsp3) is 0.294. The second kappa shape index (κ2) is 22.4. The molecule has 2 fully saturated rings. The van der Waals surface area contributed by atoms with E-state index >= 15 is 0 Å². The average Bonchev–Trinajstić information content (AvgIpc) is 0.769. The lowest BCUT2D eigenvalue weighted by molar-refractivity contribution is -0.505. The molecule has 2 aromatic heterocycles. The lowest BCUT2D eigenvalue weighted by atomic mass is 9.85. The van der Waals surface area contributed by atoms with E-state index < -0.39 is 308 Å². The smallest absolute Gasteiger partial charge is 0.316 e. The number of hydrogen-bond donors (Lipinski definition) is 38. The fourth-order valence-corrected chi connectivity index (χ4v) is 11.7. The summed E-state index contributed by atoms with van der Waals surface area (Å²) in [6.45, 7) is -1.78. The van der Waals surface area contributed by atoms with E-state index in [1.165, 1.54) is 0 Å². The molecule has 6 heterocycles. The number of piperidine rings is 2. The van der Waals surface area contributed by atoms with Gasteiger partial charge in [0.15, 0.2) is 81.3 Å². The molecule has 106 heavy (non-hydrogen) atoms. The SMILES string of the molecule is COc1c(O)c(O)c(-n2nc(C(N)=O)c3c2C(=O)N(c2c(C)c(O)c(N4C(=O)CC(O)(O)C(O)(OCOc5c(O)c(O)c(-n6nc(C(N)=O)c7c6C(=O)N(c6c(O)c(O)c(N8C(=O)C(O)(O)C(O)(O)C(O)(O)C8(O)O)c(O)c6O)C(O)(O)C7(O)O)c(O)c5O)C4(O)O)c(N)c2O)C(O)(O)C3(O)O)c(O)c1O. The molecule has 4 aliphatic heterocycles. The summed E-state index contributed by atoms with van der Waals surface area (Å²) in [6, 6.07) is 0. The van der Waals surface area contributed by atoms with Gasteiger partial charge in [-0.05, 0) is 6.92 Å². The Hall–Kier alpha value is -12.2. The minimum atomic E-state index is -5.33. The highest BCUT2D eigenvalue weighted by Gasteiger charge is 2.82. The number of nitrogens with zero attached hydrogens (tertiary/aromatic N) is 8. The molecule has 0 saturated carbocycles. The molecule has 0 bridgehead atoms. The van der Waals surface area contributed by atoms with E-state index in [0.29, 0.717) is 6.92 Å². The van der Waals surface area contributed by atoms with Crippen LogP contribution in [0.5, 0.6) is 92.0 Å².